The second-order valence-electron chi connectivity index (χ2n) is 6.32. The van der Waals surface area contributed by atoms with Gasteiger partial charge in [0.2, 0.25) is 10.0 Å². The van der Waals surface area contributed by atoms with Gasteiger partial charge in [-0.05, 0) is 38.5 Å². The molecule has 1 atom stereocenters. The predicted molar refractivity (Wildman–Crippen MR) is 91.1 cm³/mol. The molecule has 0 N–H and O–H groups in total. The van der Waals surface area contributed by atoms with Gasteiger partial charge in [-0.1, -0.05) is 17.3 Å². The third-order valence-electron chi connectivity index (χ3n) is 4.74. The van der Waals surface area contributed by atoms with E-state index in [1.54, 1.807) is 26.0 Å². The Labute approximate surface area is 147 Å². The summed E-state index contributed by atoms with van der Waals surface area (Å²) in [5, 5.41) is 3.75. The smallest absolute Gasteiger partial charge is 0.248 e. The number of aromatic nitrogens is 1. The average Bonchev–Trinajstić information content (AvgIpc) is 2.94. The van der Waals surface area contributed by atoms with Gasteiger partial charge in [0, 0.05) is 32.2 Å². The summed E-state index contributed by atoms with van der Waals surface area (Å²) in [6.45, 7) is 7.32. The van der Waals surface area contributed by atoms with Gasteiger partial charge >= 0.3 is 0 Å². The van der Waals surface area contributed by atoms with Gasteiger partial charge in [-0.3, -0.25) is 4.90 Å². The van der Waals surface area contributed by atoms with Crippen LogP contribution in [0.25, 0.3) is 0 Å². The van der Waals surface area contributed by atoms with Crippen LogP contribution >= 0.6 is 0 Å². The zero-order chi connectivity index (χ0) is 18.2. The molecular formula is C17H22FN3O3S. The van der Waals surface area contributed by atoms with E-state index < -0.39 is 10.0 Å². The SMILES string of the molecule is Cc1noc(C)c1S(=O)(=O)N1CCN(C(C)c2ccc(F)cc2)CC1. The third-order valence-corrected chi connectivity index (χ3v) is 6.88. The fourth-order valence-corrected chi connectivity index (χ4v) is 4.97. The first-order chi connectivity index (χ1) is 11.8. The zero-order valence-electron chi connectivity index (χ0n) is 14.6. The minimum Gasteiger partial charge on any atom is -0.360 e. The highest BCUT2D eigenvalue weighted by atomic mass is 32.2. The molecule has 1 unspecified atom stereocenters. The van der Waals surface area contributed by atoms with Crippen molar-refractivity contribution in [1.29, 1.82) is 0 Å². The summed E-state index contributed by atoms with van der Waals surface area (Å²) in [5.41, 5.74) is 1.41. The van der Waals surface area contributed by atoms with Gasteiger partial charge in [0.15, 0.2) is 5.76 Å². The van der Waals surface area contributed by atoms with Crippen molar-refractivity contribution in [2.24, 2.45) is 0 Å². The van der Waals surface area contributed by atoms with Crippen LogP contribution in [0.2, 0.25) is 0 Å². The number of aryl methyl sites for hydroxylation is 2. The largest absolute Gasteiger partial charge is 0.360 e. The second kappa shape index (κ2) is 6.86. The van der Waals surface area contributed by atoms with E-state index in [9.17, 15) is 12.8 Å². The number of rotatable bonds is 4. The Morgan fingerprint density at radius 2 is 1.72 bits per heavy atom. The van der Waals surface area contributed by atoms with Crippen LogP contribution in [0.15, 0.2) is 33.7 Å². The number of piperazine rings is 1. The Balaban J connectivity index is 1.70. The van der Waals surface area contributed by atoms with Crippen LogP contribution in [-0.2, 0) is 10.0 Å². The maximum absolute atomic E-state index is 13.1. The average molecular weight is 367 g/mol. The summed E-state index contributed by atoms with van der Waals surface area (Å²) < 4.78 is 45.2. The lowest BCUT2D eigenvalue weighted by Gasteiger charge is -2.37. The molecule has 0 aliphatic carbocycles. The molecule has 1 aromatic heterocycles. The van der Waals surface area contributed by atoms with Gasteiger partial charge in [-0.25, -0.2) is 12.8 Å². The predicted octanol–water partition coefficient (Wildman–Crippen LogP) is 2.50. The highest BCUT2D eigenvalue weighted by Gasteiger charge is 2.34. The first kappa shape index (κ1) is 18.0. The van der Waals surface area contributed by atoms with Gasteiger partial charge in [-0.15, -0.1) is 0 Å². The Morgan fingerprint density at radius 1 is 1.12 bits per heavy atom. The van der Waals surface area contributed by atoms with Crippen molar-refractivity contribution in [3.8, 4) is 0 Å². The molecule has 1 aliphatic heterocycles. The molecule has 0 saturated carbocycles. The van der Waals surface area contributed by atoms with Crippen LogP contribution in [0.1, 0.15) is 30.0 Å². The van der Waals surface area contributed by atoms with Crippen molar-refractivity contribution >= 4 is 10.0 Å². The highest BCUT2D eigenvalue weighted by Crippen LogP contribution is 2.27. The lowest BCUT2D eigenvalue weighted by Crippen LogP contribution is -2.49. The monoisotopic (exact) mass is 367 g/mol. The molecule has 1 fully saturated rings. The third kappa shape index (κ3) is 3.47. The number of nitrogens with zero attached hydrogens (tertiary/aromatic N) is 3. The number of sulfonamides is 1. The Morgan fingerprint density at radius 3 is 2.24 bits per heavy atom. The molecule has 136 valence electrons. The second-order valence-corrected chi connectivity index (χ2v) is 8.20. The van der Waals surface area contributed by atoms with Gasteiger partial charge in [-0.2, -0.15) is 4.31 Å². The van der Waals surface area contributed by atoms with E-state index in [0.29, 0.717) is 37.6 Å². The number of hydrogen-bond donors (Lipinski definition) is 0. The molecule has 6 nitrogen and oxygen atoms in total. The van der Waals surface area contributed by atoms with Gasteiger partial charge < -0.3 is 4.52 Å². The minimum atomic E-state index is -3.60. The topological polar surface area (TPSA) is 66.7 Å². The summed E-state index contributed by atoms with van der Waals surface area (Å²) in [4.78, 5) is 2.37. The van der Waals surface area contributed by atoms with Crippen LogP contribution in [0.4, 0.5) is 4.39 Å². The summed E-state index contributed by atoms with van der Waals surface area (Å²) in [6.07, 6.45) is 0. The molecule has 0 bridgehead atoms. The molecule has 3 rings (SSSR count). The van der Waals surface area contributed by atoms with Gasteiger partial charge in [0.25, 0.3) is 0 Å². The Hall–Kier alpha value is -1.77. The van der Waals surface area contributed by atoms with Crippen LogP contribution in [0.5, 0.6) is 0 Å². The van der Waals surface area contributed by atoms with Crippen molar-refractivity contribution in [3.05, 3.63) is 47.1 Å². The fourth-order valence-electron chi connectivity index (χ4n) is 3.26. The molecule has 1 aliphatic rings. The highest BCUT2D eigenvalue weighted by molar-refractivity contribution is 7.89. The molecule has 8 heteroatoms. The van der Waals surface area contributed by atoms with E-state index in [2.05, 4.69) is 10.1 Å². The van der Waals surface area contributed by atoms with Crippen LogP contribution in [-0.4, -0.2) is 49.0 Å². The summed E-state index contributed by atoms with van der Waals surface area (Å²) in [5.74, 6) is 0.0610. The van der Waals surface area contributed by atoms with Crippen molar-refractivity contribution < 1.29 is 17.3 Å². The van der Waals surface area contributed by atoms with Crippen molar-refractivity contribution in [2.75, 3.05) is 26.2 Å². The lowest BCUT2D eigenvalue weighted by atomic mass is 10.1. The van der Waals surface area contributed by atoms with Crippen molar-refractivity contribution in [1.82, 2.24) is 14.4 Å². The molecule has 0 amide bonds. The first-order valence-corrected chi connectivity index (χ1v) is 9.67. The van der Waals surface area contributed by atoms with Gasteiger partial charge in [0.05, 0.1) is 0 Å². The number of hydrogen-bond acceptors (Lipinski definition) is 5. The van der Waals surface area contributed by atoms with E-state index in [-0.39, 0.29) is 16.8 Å². The summed E-state index contributed by atoms with van der Waals surface area (Å²) in [6, 6.07) is 6.54. The molecule has 25 heavy (non-hydrogen) atoms. The van der Waals surface area contributed by atoms with Crippen molar-refractivity contribution in [2.45, 2.75) is 31.7 Å². The Kier molecular flexibility index (Phi) is 4.95. The zero-order valence-corrected chi connectivity index (χ0v) is 15.4. The molecule has 2 aromatic rings. The maximum atomic E-state index is 13.1. The molecule has 2 heterocycles. The van der Waals surface area contributed by atoms with E-state index in [1.807, 2.05) is 6.92 Å². The van der Waals surface area contributed by atoms with E-state index in [1.165, 1.54) is 16.4 Å². The quantitative estimate of drug-likeness (QED) is 0.831. The van der Waals surface area contributed by atoms with Gasteiger partial charge in [0.1, 0.15) is 16.4 Å². The standard InChI is InChI=1S/C17H22FN3O3S/c1-12-17(14(3)24-19-12)25(22,23)21-10-8-20(9-11-21)13(2)15-4-6-16(18)7-5-15/h4-7,13H,8-11H2,1-3H3. The summed E-state index contributed by atoms with van der Waals surface area (Å²) >= 11 is 0. The Bertz CT molecular complexity index is 821. The lowest BCUT2D eigenvalue weighted by molar-refractivity contribution is 0.145. The van der Waals surface area contributed by atoms with E-state index in [0.717, 1.165) is 5.56 Å². The number of halogens is 1. The fraction of sp³-hybridized carbons (Fsp3) is 0.471. The van der Waals surface area contributed by atoms with Crippen LogP contribution in [0, 0.1) is 19.7 Å². The molecule has 1 aromatic carbocycles. The first-order valence-electron chi connectivity index (χ1n) is 8.23. The molecule has 1 saturated heterocycles. The van der Waals surface area contributed by atoms with Crippen molar-refractivity contribution in [3.63, 3.8) is 0 Å². The van der Waals surface area contributed by atoms with E-state index in [4.69, 9.17) is 4.52 Å². The van der Waals surface area contributed by atoms with Crippen LogP contribution < -0.4 is 0 Å². The number of benzene rings is 1. The molecule has 0 spiro atoms. The summed E-state index contributed by atoms with van der Waals surface area (Å²) in [7, 11) is -3.60. The molecular weight excluding hydrogens is 345 g/mol. The normalized spacial score (nSPS) is 18.4. The van der Waals surface area contributed by atoms with E-state index >= 15 is 0 Å². The maximum Gasteiger partial charge on any atom is 0.248 e. The van der Waals surface area contributed by atoms with Crippen LogP contribution in [0.3, 0.4) is 0 Å². The molecule has 0 radical (unpaired) electrons. The minimum absolute atomic E-state index is 0.101.